The Morgan fingerprint density at radius 1 is 1.35 bits per heavy atom. The smallest absolute Gasteiger partial charge is 0.278 e. The number of aromatic nitrogens is 5. The quantitative estimate of drug-likeness (QED) is 0.330. The standard InChI is InChI=1S/C13H11N7O2S/c1-8-6-10(16-15-8)12-17-18-13(23)19(12)14-7-9-4-2-3-5-11(9)20(21)22/h2-7H,1H3,(H,15,16)(H,18,23). The van der Waals surface area contributed by atoms with E-state index in [1.165, 1.54) is 17.0 Å². The van der Waals surface area contributed by atoms with E-state index in [-0.39, 0.29) is 10.5 Å². The van der Waals surface area contributed by atoms with E-state index in [1.807, 2.05) is 6.92 Å². The van der Waals surface area contributed by atoms with E-state index in [0.29, 0.717) is 17.1 Å². The number of aromatic amines is 2. The highest BCUT2D eigenvalue weighted by atomic mass is 32.1. The van der Waals surface area contributed by atoms with Crippen molar-refractivity contribution in [2.24, 2.45) is 5.10 Å². The highest BCUT2D eigenvalue weighted by Gasteiger charge is 2.13. The van der Waals surface area contributed by atoms with Gasteiger partial charge in [-0.25, -0.2) is 5.10 Å². The molecule has 3 rings (SSSR count). The molecule has 116 valence electrons. The maximum absolute atomic E-state index is 11.0. The van der Waals surface area contributed by atoms with Crippen LogP contribution in [0, 0.1) is 21.8 Å². The lowest BCUT2D eigenvalue weighted by atomic mass is 10.2. The van der Waals surface area contributed by atoms with E-state index in [0.717, 1.165) is 5.69 Å². The molecule has 0 fully saturated rings. The fourth-order valence-electron chi connectivity index (χ4n) is 1.98. The summed E-state index contributed by atoms with van der Waals surface area (Å²) < 4.78 is 1.62. The largest absolute Gasteiger partial charge is 0.282 e. The molecule has 2 heterocycles. The maximum atomic E-state index is 11.0. The number of aryl methyl sites for hydroxylation is 1. The number of para-hydroxylation sites is 1. The Morgan fingerprint density at radius 3 is 2.83 bits per heavy atom. The summed E-state index contributed by atoms with van der Waals surface area (Å²) in [6, 6.07) is 8.09. The number of hydrogen-bond acceptors (Lipinski definition) is 6. The van der Waals surface area contributed by atoms with Crippen LogP contribution >= 0.6 is 12.2 Å². The van der Waals surface area contributed by atoms with Gasteiger partial charge in [0.1, 0.15) is 5.69 Å². The Balaban J connectivity index is 2.03. The number of nitrogens with zero attached hydrogens (tertiary/aromatic N) is 5. The fourth-order valence-corrected chi connectivity index (χ4v) is 2.16. The zero-order valence-corrected chi connectivity index (χ0v) is 12.7. The third-order valence-electron chi connectivity index (χ3n) is 3.03. The number of hydrogen-bond donors (Lipinski definition) is 2. The minimum atomic E-state index is -0.464. The molecule has 0 aliphatic carbocycles. The third kappa shape index (κ3) is 2.92. The van der Waals surface area contributed by atoms with Crippen molar-refractivity contribution in [1.29, 1.82) is 0 Å². The van der Waals surface area contributed by atoms with Gasteiger partial charge in [-0.15, -0.1) is 0 Å². The van der Waals surface area contributed by atoms with Crippen LogP contribution in [0.25, 0.3) is 11.5 Å². The van der Waals surface area contributed by atoms with Crippen LogP contribution in [0.1, 0.15) is 11.3 Å². The Bertz CT molecular complexity index is 953. The van der Waals surface area contributed by atoms with Gasteiger partial charge in [-0.1, -0.05) is 12.1 Å². The van der Waals surface area contributed by atoms with Crippen molar-refractivity contribution in [3.8, 4) is 11.5 Å². The monoisotopic (exact) mass is 329 g/mol. The number of rotatable bonds is 4. The highest BCUT2D eigenvalue weighted by Crippen LogP contribution is 2.17. The van der Waals surface area contributed by atoms with E-state index in [1.54, 1.807) is 24.3 Å². The minimum Gasteiger partial charge on any atom is -0.282 e. The van der Waals surface area contributed by atoms with Gasteiger partial charge < -0.3 is 0 Å². The Hall–Kier alpha value is -3.14. The normalized spacial score (nSPS) is 11.2. The summed E-state index contributed by atoms with van der Waals surface area (Å²) in [6.07, 6.45) is 1.37. The van der Waals surface area contributed by atoms with E-state index in [4.69, 9.17) is 12.2 Å². The molecule has 0 spiro atoms. The van der Waals surface area contributed by atoms with Crippen LogP contribution in [-0.4, -0.2) is 36.2 Å². The topological polar surface area (TPSA) is 118 Å². The second-order valence-electron chi connectivity index (χ2n) is 4.66. The van der Waals surface area contributed by atoms with Crippen molar-refractivity contribution in [3.63, 3.8) is 0 Å². The van der Waals surface area contributed by atoms with Gasteiger partial charge >= 0.3 is 0 Å². The predicted octanol–water partition coefficient (Wildman–Crippen LogP) is 2.43. The Morgan fingerprint density at radius 2 is 2.13 bits per heavy atom. The Labute approximate surface area is 134 Å². The maximum Gasteiger partial charge on any atom is 0.278 e. The summed E-state index contributed by atoms with van der Waals surface area (Å²) >= 11 is 5.14. The molecule has 2 aromatic heterocycles. The number of nitrogens with one attached hydrogen (secondary N) is 2. The molecule has 9 nitrogen and oxygen atoms in total. The second kappa shape index (κ2) is 5.93. The molecule has 0 aliphatic rings. The predicted molar refractivity (Wildman–Crippen MR) is 85.8 cm³/mol. The van der Waals surface area contributed by atoms with Gasteiger partial charge in [0, 0.05) is 11.8 Å². The summed E-state index contributed by atoms with van der Waals surface area (Å²) in [6.45, 7) is 1.86. The Kier molecular flexibility index (Phi) is 3.81. The first-order chi connectivity index (χ1) is 11.1. The van der Waals surface area contributed by atoms with Gasteiger partial charge in [-0.3, -0.25) is 15.2 Å². The van der Waals surface area contributed by atoms with Gasteiger partial charge in [-0.2, -0.15) is 20.0 Å². The molecule has 0 radical (unpaired) electrons. The average molecular weight is 329 g/mol. The lowest BCUT2D eigenvalue weighted by molar-refractivity contribution is -0.385. The average Bonchev–Trinajstić information content (AvgIpc) is 3.11. The molecule has 0 amide bonds. The minimum absolute atomic E-state index is 0.0385. The van der Waals surface area contributed by atoms with Gasteiger partial charge in [-0.05, 0) is 31.3 Å². The molecular weight excluding hydrogens is 318 g/mol. The summed E-state index contributed by atoms with van der Waals surface area (Å²) in [7, 11) is 0. The van der Waals surface area contributed by atoms with E-state index in [9.17, 15) is 10.1 Å². The first-order valence-electron chi connectivity index (χ1n) is 6.54. The molecule has 0 bridgehead atoms. The van der Waals surface area contributed by atoms with Gasteiger partial charge in [0.2, 0.25) is 10.6 Å². The summed E-state index contributed by atoms with van der Waals surface area (Å²) in [5.41, 5.74) is 1.76. The summed E-state index contributed by atoms with van der Waals surface area (Å²) in [5.74, 6) is 0.411. The fraction of sp³-hybridized carbons (Fsp3) is 0.0769. The number of benzene rings is 1. The highest BCUT2D eigenvalue weighted by molar-refractivity contribution is 7.71. The van der Waals surface area contributed by atoms with Crippen molar-refractivity contribution in [3.05, 3.63) is 56.5 Å². The van der Waals surface area contributed by atoms with Gasteiger partial charge in [0.05, 0.1) is 16.7 Å². The van der Waals surface area contributed by atoms with Crippen LogP contribution in [0.5, 0.6) is 0 Å². The molecule has 0 unspecified atom stereocenters. The molecule has 10 heteroatoms. The second-order valence-corrected chi connectivity index (χ2v) is 5.05. The lowest BCUT2D eigenvalue weighted by Gasteiger charge is -1.98. The van der Waals surface area contributed by atoms with E-state index < -0.39 is 4.92 Å². The van der Waals surface area contributed by atoms with Crippen molar-refractivity contribution in [2.45, 2.75) is 6.92 Å². The van der Waals surface area contributed by atoms with Crippen LogP contribution in [0.3, 0.4) is 0 Å². The number of nitro groups is 1. The molecule has 1 aromatic carbocycles. The molecule has 0 aliphatic heterocycles. The SMILES string of the molecule is Cc1cc(-c2n[nH]c(=S)n2N=Cc2ccccc2[N+](=O)[O-])n[nH]1. The zero-order chi connectivity index (χ0) is 16.4. The van der Waals surface area contributed by atoms with Crippen molar-refractivity contribution >= 4 is 24.1 Å². The van der Waals surface area contributed by atoms with Crippen LogP contribution in [0.15, 0.2) is 35.4 Å². The third-order valence-corrected chi connectivity index (χ3v) is 3.30. The molecule has 3 aromatic rings. The van der Waals surface area contributed by atoms with Crippen molar-refractivity contribution in [1.82, 2.24) is 25.1 Å². The number of nitro benzene ring substituents is 1. The molecule has 0 saturated heterocycles. The first kappa shape index (κ1) is 14.8. The molecular formula is C13H11N7O2S. The van der Waals surface area contributed by atoms with Crippen molar-refractivity contribution < 1.29 is 4.92 Å². The van der Waals surface area contributed by atoms with Crippen LogP contribution in [-0.2, 0) is 0 Å². The molecule has 2 N–H and O–H groups in total. The molecule has 0 saturated carbocycles. The van der Waals surface area contributed by atoms with Crippen molar-refractivity contribution in [2.75, 3.05) is 0 Å². The van der Waals surface area contributed by atoms with Crippen LogP contribution in [0.4, 0.5) is 5.69 Å². The number of H-pyrrole nitrogens is 2. The first-order valence-corrected chi connectivity index (χ1v) is 6.94. The lowest BCUT2D eigenvalue weighted by Crippen LogP contribution is -1.98. The van der Waals surface area contributed by atoms with E-state index in [2.05, 4.69) is 25.5 Å². The van der Waals surface area contributed by atoms with Gasteiger partial charge in [0.25, 0.3) is 5.69 Å². The zero-order valence-electron chi connectivity index (χ0n) is 11.9. The van der Waals surface area contributed by atoms with Crippen LogP contribution < -0.4 is 0 Å². The van der Waals surface area contributed by atoms with Gasteiger partial charge in [0.15, 0.2) is 0 Å². The summed E-state index contributed by atoms with van der Waals surface area (Å²) in [4.78, 5) is 10.6. The molecule has 0 atom stereocenters. The molecule has 23 heavy (non-hydrogen) atoms. The van der Waals surface area contributed by atoms with Crippen LogP contribution in [0.2, 0.25) is 0 Å². The summed E-state index contributed by atoms with van der Waals surface area (Å²) in [5, 5.41) is 28.9. The van der Waals surface area contributed by atoms with E-state index >= 15 is 0 Å².